The molecule has 0 bridgehead atoms. The van der Waals surface area contributed by atoms with E-state index in [0.717, 1.165) is 37.9 Å². The van der Waals surface area contributed by atoms with Crippen molar-refractivity contribution in [2.45, 2.75) is 25.7 Å². The summed E-state index contributed by atoms with van der Waals surface area (Å²) < 4.78 is 5.19. The molecule has 0 aromatic rings. The molecule has 1 aliphatic carbocycles. The van der Waals surface area contributed by atoms with Gasteiger partial charge in [0.1, 0.15) is 0 Å². The normalized spacial score (nSPS) is 29.0. The summed E-state index contributed by atoms with van der Waals surface area (Å²) in [5.74, 6) is 0.527. The highest BCUT2D eigenvalue weighted by Crippen LogP contribution is 2.24. The molecule has 2 nitrogen and oxygen atoms in total. The summed E-state index contributed by atoms with van der Waals surface area (Å²) in [5, 5.41) is 0. The summed E-state index contributed by atoms with van der Waals surface area (Å²) in [6, 6.07) is 0. The van der Waals surface area contributed by atoms with Crippen LogP contribution in [0.2, 0.25) is 0 Å². The third kappa shape index (κ3) is 1.44. The first-order valence-electron chi connectivity index (χ1n) is 4.69. The van der Waals surface area contributed by atoms with E-state index in [1.54, 1.807) is 0 Å². The van der Waals surface area contributed by atoms with Crippen LogP contribution in [0.25, 0.3) is 0 Å². The molecule has 0 radical (unpaired) electrons. The summed E-state index contributed by atoms with van der Waals surface area (Å²) in [6.45, 7) is 1.42. The van der Waals surface area contributed by atoms with E-state index in [4.69, 9.17) is 4.74 Å². The van der Waals surface area contributed by atoms with Gasteiger partial charge in [-0.1, -0.05) is 6.08 Å². The molecule has 0 saturated carbocycles. The fraction of sp³-hybridized carbons (Fsp3) is 0.700. The van der Waals surface area contributed by atoms with Crippen molar-refractivity contribution in [1.29, 1.82) is 0 Å². The summed E-state index contributed by atoms with van der Waals surface area (Å²) in [5.41, 5.74) is 1.06. The SMILES string of the molecule is O=C(C1=CCCC1)C1CCOC1. The molecule has 0 spiro atoms. The molecule has 66 valence electrons. The molecule has 1 saturated heterocycles. The molecule has 1 heterocycles. The number of hydrogen-bond donors (Lipinski definition) is 0. The minimum absolute atomic E-state index is 0.175. The zero-order chi connectivity index (χ0) is 8.39. The third-order valence-corrected chi connectivity index (χ3v) is 2.66. The highest BCUT2D eigenvalue weighted by Gasteiger charge is 2.26. The number of hydrogen-bond acceptors (Lipinski definition) is 2. The van der Waals surface area contributed by atoms with Gasteiger partial charge in [-0.15, -0.1) is 0 Å². The van der Waals surface area contributed by atoms with Crippen molar-refractivity contribution in [2.75, 3.05) is 13.2 Å². The molecule has 2 rings (SSSR count). The Balaban J connectivity index is 1.98. The van der Waals surface area contributed by atoms with Crippen LogP contribution in [0.4, 0.5) is 0 Å². The lowest BCUT2D eigenvalue weighted by atomic mass is 9.97. The van der Waals surface area contributed by atoms with Crippen LogP contribution in [0.15, 0.2) is 11.6 Å². The van der Waals surface area contributed by atoms with Gasteiger partial charge in [0.25, 0.3) is 0 Å². The quantitative estimate of drug-likeness (QED) is 0.624. The second-order valence-electron chi connectivity index (χ2n) is 3.55. The van der Waals surface area contributed by atoms with Gasteiger partial charge in [-0.3, -0.25) is 4.79 Å². The van der Waals surface area contributed by atoms with Crippen LogP contribution in [0.3, 0.4) is 0 Å². The van der Waals surface area contributed by atoms with Gasteiger partial charge in [0.2, 0.25) is 0 Å². The largest absolute Gasteiger partial charge is 0.381 e. The summed E-state index contributed by atoms with van der Waals surface area (Å²) in [4.78, 5) is 11.7. The fourth-order valence-corrected chi connectivity index (χ4v) is 1.90. The summed E-state index contributed by atoms with van der Waals surface area (Å²) in [6.07, 6.45) is 6.27. The smallest absolute Gasteiger partial charge is 0.164 e. The molecule has 0 N–H and O–H groups in total. The second-order valence-corrected chi connectivity index (χ2v) is 3.55. The number of carbonyl (C=O) groups is 1. The van der Waals surface area contributed by atoms with Gasteiger partial charge >= 0.3 is 0 Å². The van der Waals surface area contributed by atoms with Crippen molar-refractivity contribution in [3.63, 3.8) is 0 Å². The van der Waals surface area contributed by atoms with Crippen LogP contribution >= 0.6 is 0 Å². The first-order chi connectivity index (χ1) is 5.88. The molecular weight excluding hydrogens is 152 g/mol. The summed E-state index contributed by atoms with van der Waals surface area (Å²) >= 11 is 0. The van der Waals surface area contributed by atoms with Crippen LogP contribution in [0.5, 0.6) is 0 Å². The topological polar surface area (TPSA) is 26.3 Å². The van der Waals surface area contributed by atoms with Crippen molar-refractivity contribution in [3.8, 4) is 0 Å². The zero-order valence-electron chi connectivity index (χ0n) is 7.21. The van der Waals surface area contributed by atoms with E-state index in [9.17, 15) is 4.79 Å². The Bertz CT molecular complexity index is 212. The molecular formula is C10H14O2. The van der Waals surface area contributed by atoms with Crippen molar-refractivity contribution < 1.29 is 9.53 Å². The lowest BCUT2D eigenvalue weighted by molar-refractivity contribution is -0.119. The fourth-order valence-electron chi connectivity index (χ4n) is 1.90. The molecule has 1 unspecified atom stereocenters. The average Bonchev–Trinajstić information content (AvgIpc) is 2.77. The van der Waals surface area contributed by atoms with Gasteiger partial charge < -0.3 is 4.74 Å². The minimum Gasteiger partial charge on any atom is -0.381 e. The molecule has 0 amide bonds. The average molecular weight is 166 g/mol. The van der Waals surface area contributed by atoms with E-state index in [1.165, 1.54) is 0 Å². The maximum absolute atomic E-state index is 11.7. The van der Waals surface area contributed by atoms with Crippen molar-refractivity contribution >= 4 is 5.78 Å². The minimum atomic E-state index is 0.175. The van der Waals surface area contributed by atoms with Gasteiger partial charge in [0, 0.05) is 12.5 Å². The maximum Gasteiger partial charge on any atom is 0.164 e. The standard InChI is InChI=1S/C10H14O2/c11-10(8-3-1-2-4-8)9-5-6-12-7-9/h3,9H,1-2,4-7H2. The van der Waals surface area contributed by atoms with Crippen molar-refractivity contribution in [3.05, 3.63) is 11.6 Å². The molecule has 1 atom stereocenters. The van der Waals surface area contributed by atoms with Crippen LogP contribution < -0.4 is 0 Å². The predicted molar refractivity (Wildman–Crippen MR) is 45.9 cm³/mol. The Kier molecular flexibility index (Phi) is 2.26. The van der Waals surface area contributed by atoms with Crippen molar-refractivity contribution in [1.82, 2.24) is 0 Å². The number of ketones is 1. The Morgan fingerprint density at radius 1 is 1.58 bits per heavy atom. The van der Waals surface area contributed by atoms with E-state index < -0.39 is 0 Å². The lowest BCUT2D eigenvalue weighted by Gasteiger charge is -2.06. The Labute approximate surface area is 72.6 Å². The van der Waals surface area contributed by atoms with Gasteiger partial charge in [-0.2, -0.15) is 0 Å². The number of allylic oxidation sites excluding steroid dienone is 2. The van der Waals surface area contributed by atoms with Crippen LogP contribution in [0.1, 0.15) is 25.7 Å². The Morgan fingerprint density at radius 2 is 2.50 bits per heavy atom. The lowest BCUT2D eigenvalue weighted by Crippen LogP contribution is -2.15. The number of Topliss-reactive ketones (excluding diaryl/α,β-unsaturated/α-hetero) is 1. The van der Waals surface area contributed by atoms with Crippen LogP contribution in [-0.4, -0.2) is 19.0 Å². The first-order valence-corrected chi connectivity index (χ1v) is 4.69. The molecule has 0 aromatic carbocycles. The number of ether oxygens (including phenoxy) is 1. The third-order valence-electron chi connectivity index (χ3n) is 2.66. The van der Waals surface area contributed by atoms with Crippen molar-refractivity contribution in [2.24, 2.45) is 5.92 Å². The Morgan fingerprint density at radius 3 is 3.08 bits per heavy atom. The van der Waals surface area contributed by atoms with E-state index >= 15 is 0 Å². The van der Waals surface area contributed by atoms with Gasteiger partial charge in [0.15, 0.2) is 5.78 Å². The number of rotatable bonds is 2. The molecule has 0 aromatic heterocycles. The maximum atomic E-state index is 11.7. The highest BCUT2D eigenvalue weighted by molar-refractivity contribution is 5.97. The summed E-state index contributed by atoms with van der Waals surface area (Å²) in [7, 11) is 0. The molecule has 1 fully saturated rings. The van der Waals surface area contributed by atoms with Gasteiger partial charge in [-0.05, 0) is 31.3 Å². The van der Waals surface area contributed by atoms with Gasteiger partial charge in [-0.25, -0.2) is 0 Å². The van der Waals surface area contributed by atoms with Crippen LogP contribution in [0, 0.1) is 5.92 Å². The van der Waals surface area contributed by atoms with E-state index in [2.05, 4.69) is 6.08 Å². The first kappa shape index (κ1) is 7.99. The van der Waals surface area contributed by atoms with Gasteiger partial charge in [0.05, 0.1) is 6.61 Å². The second kappa shape index (κ2) is 3.40. The molecule has 12 heavy (non-hydrogen) atoms. The molecule has 2 heteroatoms. The van der Waals surface area contributed by atoms with E-state index in [1.807, 2.05) is 0 Å². The zero-order valence-corrected chi connectivity index (χ0v) is 7.21. The molecule has 1 aliphatic heterocycles. The Hall–Kier alpha value is -0.630. The highest BCUT2D eigenvalue weighted by atomic mass is 16.5. The number of carbonyl (C=O) groups excluding carboxylic acids is 1. The predicted octanol–water partition coefficient (Wildman–Crippen LogP) is 1.70. The van der Waals surface area contributed by atoms with E-state index in [-0.39, 0.29) is 5.92 Å². The van der Waals surface area contributed by atoms with E-state index in [0.29, 0.717) is 12.4 Å². The monoisotopic (exact) mass is 166 g/mol. The molecule has 2 aliphatic rings. The van der Waals surface area contributed by atoms with Crippen LogP contribution in [-0.2, 0) is 9.53 Å².